The van der Waals surface area contributed by atoms with Crippen LogP contribution < -0.4 is 5.32 Å². The van der Waals surface area contributed by atoms with Gasteiger partial charge in [0, 0.05) is 36.9 Å². The Morgan fingerprint density at radius 2 is 2.00 bits per heavy atom. The summed E-state index contributed by atoms with van der Waals surface area (Å²) < 4.78 is 4.79. The van der Waals surface area contributed by atoms with E-state index in [1.807, 2.05) is 30.6 Å². The molecule has 0 saturated carbocycles. The summed E-state index contributed by atoms with van der Waals surface area (Å²) in [5.74, 6) is 0. The summed E-state index contributed by atoms with van der Waals surface area (Å²) >= 11 is 0. The molecule has 90 valence electrons. The van der Waals surface area contributed by atoms with Crippen molar-refractivity contribution in [1.82, 2.24) is 15.5 Å². The second kappa shape index (κ2) is 4.98. The fourth-order valence-electron chi connectivity index (χ4n) is 1.97. The van der Waals surface area contributed by atoms with E-state index in [0.717, 1.165) is 12.2 Å². The van der Waals surface area contributed by atoms with E-state index in [2.05, 4.69) is 27.6 Å². The van der Waals surface area contributed by atoms with Crippen LogP contribution in [0.25, 0.3) is 10.8 Å². The molecule has 3 aromatic rings. The van der Waals surface area contributed by atoms with Crippen molar-refractivity contribution in [3.8, 4) is 0 Å². The number of pyridine rings is 1. The third kappa shape index (κ3) is 2.24. The van der Waals surface area contributed by atoms with Gasteiger partial charge in [0.05, 0.1) is 5.69 Å². The number of aromatic nitrogens is 2. The van der Waals surface area contributed by atoms with E-state index in [0.29, 0.717) is 6.54 Å². The molecule has 0 aliphatic rings. The van der Waals surface area contributed by atoms with Crippen LogP contribution in [0.15, 0.2) is 53.5 Å². The first kappa shape index (κ1) is 10.9. The predicted molar refractivity (Wildman–Crippen MR) is 68.8 cm³/mol. The smallest absolute Gasteiger partial charge is 0.124 e. The van der Waals surface area contributed by atoms with Gasteiger partial charge in [0.15, 0.2) is 0 Å². The van der Waals surface area contributed by atoms with Crippen molar-refractivity contribution in [3.05, 3.63) is 60.2 Å². The van der Waals surface area contributed by atoms with Gasteiger partial charge < -0.3 is 9.84 Å². The van der Waals surface area contributed by atoms with E-state index < -0.39 is 0 Å². The monoisotopic (exact) mass is 239 g/mol. The molecule has 0 spiro atoms. The Hall–Kier alpha value is -2.20. The van der Waals surface area contributed by atoms with Crippen LogP contribution in [0.3, 0.4) is 0 Å². The van der Waals surface area contributed by atoms with Crippen LogP contribution in [0.4, 0.5) is 0 Å². The molecule has 0 fully saturated rings. The van der Waals surface area contributed by atoms with Gasteiger partial charge in [-0.25, -0.2) is 0 Å². The van der Waals surface area contributed by atoms with Crippen LogP contribution in [0.2, 0.25) is 0 Å². The third-order valence-electron chi connectivity index (χ3n) is 2.86. The van der Waals surface area contributed by atoms with Crippen molar-refractivity contribution >= 4 is 10.8 Å². The van der Waals surface area contributed by atoms with Crippen molar-refractivity contribution in [1.29, 1.82) is 0 Å². The van der Waals surface area contributed by atoms with Crippen molar-refractivity contribution in [2.75, 3.05) is 0 Å². The zero-order chi connectivity index (χ0) is 12.2. The average molecular weight is 239 g/mol. The standard InChI is InChI=1S/C14H13N3O/c1-2-4-14-11(3-1)7-15-8-12(14)9-16-10-13-5-6-18-17-13/h1-8,16H,9-10H2. The van der Waals surface area contributed by atoms with Crippen LogP contribution in [-0.4, -0.2) is 10.1 Å². The molecule has 2 heterocycles. The minimum absolute atomic E-state index is 0.694. The first-order valence-corrected chi connectivity index (χ1v) is 5.85. The van der Waals surface area contributed by atoms with Gasteiger partial charge in [-0.2, -0.15) is 0 Å². The number of nitrogens with zero attached hydrogens (tertiary/aromatic N) is 2. The molecule has 1 aromatic carbocycles. The summed E-state index contributed by atoms with van der Waals surface area (Å²) in [5.41, 5.74) is 2.10. The van der Waals surface area contributed by atoms with E-state index >= 15 is 0 Å². The molecule has 3 rings (SSSR count). The normalized spacial score (nSPS) is 10.9. The molecule has 4 heteroatoms. The molecule has 0 aliphatic carbocycles. The summed E-state index contributed by atoms with van der Waals surface area (Å²) in [6.07, 6.45) is 5.37. The highest BCUT2D eigenvalue weighted by Crippen LogP contribution is 2.16. The van der Waals surface area contributed by atoms with Crippen LogP contribution in [0.1, 0.15) is 11.3 Å². The molecule has 0 radical (unpaired) electrons. The lowest BCUT2D eigenvalue weighted by Gasteiger charge is -2.06. The fourth-order valence-corrected chi connectivity index (χ4v) is 1.97. The summed E-state index contributed by atoms with van der Waals surface area (Å²) in [7, 11) is 0. The van der Waals surface area contributed by atoms with Gasteiger partial charge in [0.1, 0.15) is 6.26 Å². The molecule has 2 aromatic heterocycles. The van der Waals surface area contributed by atoms with E-state index in [1.54, 1.807) is 6.26 Å². The van der Waals surface area contributed by atoms with Gasteiger partial charge in [-0.15, -0.1) is 0 Å². The Morgan fingerprint density at radius 1 is 1.06 bits per heavy atom. The molecule has 1 N–H and O–H groups in total. The predicted octanol–water partition coefficient (Wildman–Crippen LogP) is 2.51. The number of nitrogens with one attached hydrogen (secondary N) is 1. The van der Waals surface area contributed by atoms with Gasteiger partial charge in [-0.1, -0.05) is 29.4 Å². The van der Waals surface area contributed by atoms with E-state index in [-0.39, 0.29) is 0 Å². The minimum atomic E-state index is 0.694. The Balaban J connectivity index is 1.74. The number of hydrogen-bond donors (Lipinski definition) is 1. The number of benzene rings is 1. The number of hydrogen-bond acceptors (Lipinski definition) is 4. The molecular weight excluding hydrogens is 226 g/mol. The lowest BCUT2D eigenvalue weighted by Crippen LogP contribution is -2.13. The van der Waals surface area contributed by atoms with E-state index in [1.165, 1.54) is 16.3 Å². The van der Waals surface area contributed by atoms with Crippen LogP contribution >= 0.6 is 0 Å². The van der Waals surface area contributed by atoms with Gasteiger partial charge in [0.2, 0.25) is 0 Å². The molecule has 0 saturated heterocycles. The SMILES string of the molecule is c1ccc2c(CNCc3ccon3)cncc2c1. The highest BCUT2D eigenvalue weighted by atomic mass is 16.5. The second-order valence-corrected chi connectivity index (χ2v) is 4.11. The van der Waals surface area contributed by atoms with Gasteiger partial charge in [-0.05, 0) is 10.9 Å². The van der Waals surface area contributed by atoms with Crippen LogP contribution in [0.5, 0.6) is 0 Å². The van der Waals surface area contributed by atoms with Crippen molar-refractivity contribution in [3.63, 3.8) is 0 Å². The Labute approximate surface area is 105 Å². The summed E-state index contributed by atoms with van der Waals surface area (Å²) in [4.78, 5) is 4.25. The quantitative estimate of drug-likeness (QED) is 0.760. The maximum absolute atomic E-state index is 4.79. The zero-order valence-corrected chi connectivity index (χ0v) is 9.84. The fraction of sp³-hybridized carbons (Fsp3) is 0.143. The molecule has 0 amide bonds. The maximum atomic E-state index is 4.79. The molecule has 18 heavy (non-hydrogen) atoms. The lowest BCUT2D eigenvalue weighted by atomic mass is 10.1. The maximum Gasteiger partial charge on any atom is 0.124 e. The Kier molecular flexibility index (Phi) is 3.02. The largest absolute Gasteiger partial charge is 0.364 e. The van der Waals surface area contributed by atoms with E-state index in [4.69, 9.17) is 4.52 Å². The average Bonchev–Trinajstić information content (AvgIpc) is 2.92. The highest BCUT2D eigenvalue weighted by molar-refractivity contribution is 5.84. The van der Waals surface area contributed by atoms with Gasteiger partial charge in [0.25, 0.3) is 0 Å². The summed E-state index contributed by atoms with van der Waals surface area (Å²) in [6.45, 7) is 1.46. The van der Waals surface area contributed by atoms with Crippen molar-refractivity contribution < 1.29 is 4.52 Å². The van der Waals surface area contributed by atoms with E-state index in [9.17, 15) is 0 Å². The molecule has 0 bridgehead atoms. The van der Waals surface area contributed by atoms with Crippen molar-refractivity contribution in [2.24, 2.45) is 0 Å². The molecular formula is C14H13N3O. The van der Waals surface area contributed by atoms with Crippen LogP contribution in [-0.2, 0) is 13.1 Å². The molecule has 4 nitrogen and oxygen atoms in total. The third-order valence-corrected chi connectivity index (χ3v) is 2.86. The first-order valence-electron chi connectivity index (χ1n) is 5.85. The minimum Gasteiger partial charge on any atom is -0.364 e. The van der Waals surface area contributed by atoms with Gasteiger partial charge in [-0.3, -0.25) is 4.98 Å². The number of fused-ring (bicyclic) bond motifs is 1. The lowest BCUT2D eigenvalue weighted by molar-refractivity contribution is 0.408. The summed E-state index contributed by atoms with van der Waals surface area (Å²) in [6, 6.07) is 10.1. The Bertz CT molecular complexity index is 629. The molecule has 0 unspecified atom stereocenters. The topological polar surface area (TPSA) is 51.0 Å². The zero-order valence-electron chi connectivity index (χ0n) is 9.84. The first-order chi connectivity index (χ1) is 8.93. The molecule has 0 aliphatic heterocycles. The Morgan fingerprint density at radius 3 is 2.89 bits per heavy atom. The molecule has 0 atom stereocenters. The van der Waals surface area contributed by atoms with Crippen molar-refractivity contribution in [2.45, 2.75) is 13.1 Å². The second-order valence-electron chi connectivity index (χ2n) is 4.11. The summed E-state index contributed by atoms with van der Waals surface area (Å²) in [5, 5.41) is 9.59. The highest BCUT2D eigenvalue weighted by Gasteiger charge is 2.01. The number of rotatable bonds is 4. The van der Waals surface area contributed by atoms with Crippen LogP contribution in [0, 0.1) is 0 Å². The van der Waals surface area contributed by atoms with Gasteiger partial charge >= 0.3 is 0 Å².